The molecule has 2 rings (SSSR count). The Bertz CT molecular complexity index is 633. The molecule has 2 nitrogen and oxygen atoms in total. The van der Waals surface area contributed by atoms with Gasteiger partial charge in [-0.3, -0.25) is 0 Å². The number of nitrogens with one attached hydrogen (secondary N) is 1. The van der Waals surface area contributed by atoms with Crippen molar-refractivity contribution in [3.05, 3.63) is 65.5 Å². The molecule has 0 aliphatic rings. The Morgan fingerprint density at radius 2 is 2.05 bits per heavy atom. The molecule has 108 valence electrons. The first-order valence-corrected chi connectivity index (χ1v) is 6.83. The minimum atomic E-state index is -0.223. The van der Waals surface area contributed by atoms with Gasteiger partial charge in [-0.2, -0.15) is 0 Å². The van der Waals surface area contributed by atoms with Crippen LogP contribution in [0.15, 0.2) is 48.5 Å². The molecule has 1 atom stereocenters. The summed E-state index contributed by atoms with van der Waals surface area (Å²) in [5, 5.41) is 3.36. The van der Waals surface area contributed by atoms with Crippen LogP contribution in [-0.4, -0.2) is 6.61 Å². The van der Waals surface area contributed by atoms with E-state index in [0.717, 1.165) is 16.9 Å². The van der Waals surface area contributed by atoms with Gasteiger partial charge in [0.2, 0.25) is 0 Å². The quantitative estimate of drug-likeness (QED) is 0.816. The topological polar surface area (TPSA) is 21.3 Å². The summed E-state index contributed by atoms with van der Waals surface area (Å²) in [7, 11) is 0. The summed E-state index contributed by atoms with van der Waals surface area (Å²) in [4.78, 5) is 0. The first-order valence-electron chi connectivity index (χ1n) is 6.83. The van der Waals surface area contributed by atoms with Crippen LogP contribution in [0.3, 0.4) is 0 Å². The number of ether oxygens (including phenoxy) is 1. The normalized spacial score (nSPS) is 11.7. The lowest BCUT2D eigenvalue weighted by atomic mass is 10.1. The van der Waals surface area contributed by atoms with Crippen molar-refractivity contribution in [1.82, 2.24) is 5.32 Å². The summed E-state index contributed by atoms with van der Waals surface area (Å²) >= 11 is 0. The Labute approximate surface area is 125 Å². The predicted octanol–water partition coefficient (Wildman–Crippen LogP) is 3.69. The molecule has 0 unspecified atom stereocenters. The van der Waals surface area contributed by atoms with Gasteiger partial charge in [0.05, 0.1) is 0 Å². The van der Waals surface area contributed by atoms with Crippen molar-refractivity contribution in [3.8, 4) is 18.1 Å². The van der Waals surface area contributed by atoms with E-state index in [-0.39, 0.29) is 18.5 Å². The van der Waals surface area contributed by atoms with Crippen LogP contribution in [0.1, 0.15) is 24.1 Å². The smallest absolute Gasteiger partial charge is 0.148 e. The lowest BCUT2D eigenvalue weighted by Gasteiger charge is -2.16. The lowest BCUT2D eigenvalue weighted by Crippen LogP contribution is -2.18. The minimum Gasteiger partial charge on any atom is -0.481 e. The minimum absolute atomic E-state index is 0.0430. The monoisotopic (exact) mass is 283 g/mol. The van der Waals surface area contributed by atoms with Crippen LogP contribution < -0.4 is 10.1 Å². The van der Waals surface area contributed by atoms with Crippen LogP contribution >= 0.6 is 0 Å². The molecule has 0 radical (unpaired) electrons. The number of benzene rings is 2. The van der Waals surface area contributed by atoms with Crippen LogP contribution in [0.4, 0.5) is 4.39 Å². The first-order chi connectivity index (χ1) is 10.2. The number of rotatable bonds is 6. The second-order valence-corrected chi connectivity index (χ2v) is 4.76. The lowest BCUT2D eigenvalue weighted by molar-refractivity contribution is 0.364. The molecule has 21 heavy (non-hydrogen) atoms. The van der Waals surface area contributed by atoms with Crippen LogP contribution in [0.2, 0.25) is 0 Å². The maximum absolute atomic E-state index is 13.2. The third kappa shape index (κ3) is 4.34. The number of hydrogen-bond donors (Lipinski definition) is 1. The highest BCUT2D eigenvalue weighted by Gasteiger charge is 2.08. The van der Waals surface area contributed by atoms with Gasteiger partial charge in [-0.25, -0.2) is 4.39 Å². The third-order valence-corrected chi connectivity index (χ3v) is 3.23. The summed E-state index contributed by atoms with van der Waals surface area (Å²) in [6.07, 6.45) is 5.21. The van der Waals surface area contributed by atoms with Gasteiger partial charge in [0, 0.05) is 18.2 Å². The summed E-state index contributed by atoms with van der Waals surface area (Å²) in [5.41, 5.74) is 1.94. The molecule has 0 aliphatic carbocycles. The van der Waals surface area contributed by atoms with Crippen molar-refractivity contribution < 1.29 is 9.13 Å². The Kier molecular flexibility index (Phi) is 5.36. The molecule has 0 heterocycles. The van der Waals surface area contributed by atoms with Crippen molar-refractivity contribution in [1.29, 1.82) is 0 Å². The number of para-hydroxylation sites is 1. The standard InChI is InChI=1S/C18H18FNO/c1-3-11-21-18-10-5-4-7-16(18)13-20-14(2)15-8-6-9-17(19)12-15/h1,4-10,12,14,20H,11,13H2,2H3/t14-/m0/s1. The largest absolute Gasteiger partial charge is 0.481 e. The molecule has 1 N–H and O–H groups in total. The fourth-order valence-corrected chi connectivity index (χ4v) is 2.07. The van der Waals surface area contributed by atoms with E-state index in [0.29, 0.717) is 6.54 Å². The zero-order chi connectivity index (χ0) is 15.1. The molecule has 0 aliphatic heterocycles. The number of terminal acetylenes is 1. The van der Waals surface area contributed by atoms with E-state index in [2.05, 4.69) is 11.2 Å². The zero-order valence-corrected chi connectivity index (χ0v) is 12.0. The van der Waals surface area contributed by atoms with Crippen LogP contribution in [-0.2, 0) is 6.54 Å². The van der Waals surface area contributed by atoms with Gasteiger partial charge in [0.1, 0.15) is 18.2 Å². The Morgan fingerprint density at radius 3 is 2.81 bits per heavy atom. The maximum Gasteiger partial charge on any atom is 0.148 e. The van der Waals surface area contributed by atoms with Gasteiger partial charge in [0.25, 0.3) is 0 Å². The van der Waals surface area contributed by atoms with Crippen molar-refractivity contribution in [2.24, 2.45) is 0 Å². The molecule has 2 aromatic carbocycles. The van der Waals surface area contributed by atoms with E-state index < -0.39 is 0 Å². The fraction of sp³-hybridized carbons (Fsp3) is 0.222. The molecule has 2 aromatic rings. The highest BCUT2D eigenvalue weighted by Crippen LogP contribution is 2.20. The second kappa shape index (κ2) is 7.47. The molecular formula is C18H18FNO. The zero-order valence-electron chi connectivity index (χ0n) is 12.0. The van der Waals surface area contributed by atoms with Crippen molar-refractivity contribution in [2.75, 3.05) is 6.61 Å². The second-order valence-electron chi connectivity index (χ2n) is 4.76. The molecule has 0 fully saturated rings. The highest BCUT2D eigenvalue weighted by atomic mass is 19.1. The average molecular weight is 283 g/mol. The van der Waals surface area contributed by atoms with Gasteiger partial charge in [-0.1, -0.05) is 36.3 Å². The van der Waals surface area contributed by atoms with Crippen molar-refractivity contribution in [3.63, 3.8) is 0 Å². The molecule has 0 saturated carbocycles. The summed E-state index contributed by atoms with van der Waals surface area (Å²) < 4.78 is 18.7. The SMILES string of the molecule is C#CCOc1ccccc1CN[C@@H](C)c1cccc(F)c1. The van der Waals surface area contributed by atoms with E-state index in [1.807, 2.05) is 37.3 Å². The maximum atomic E-state index is 13.2. The Balaban J connectivity index is 2.01. The van der Waals surface area contributed by atoms with Gasteiger partial charge in [0.15, 0.2) is 0 Å². The molecule has 0 aromatic heterocycles. The van der Waals surface area contributed by atoms with E-state index in [1.165, 1.54) is 6.07 Å². The number of hydrogen-bond acceptors (Lipinski definition) is 2. The first kappa shape index (κ1) is 15.1. The van der Waals surface area contributed by atoms with E-state index in [4.69, 9.17) is 11.2 Å². The Hall–Kier alpha value is -2.31. The van der Waals surface area contributed by atoms with Gasteiger partial charge in [-0.15, -0.1) is 6.42 Å². The van der Waals surface area contributed by atoms with Crippen molar-refractivity contribution >= 4 is 0 Å². The summed E-state index contributed by atoms with van der Waals surface area (Å²) in [6.45, 7) is 2.87. The molecule has 0 amide bonds. The van der Waals surface area contributed by atoms with Crippen LogP contribution in [0.5, 0.6) is 5.75 Å². The highest BCUT2D eigenvalue weighted by molar-refractivity contribution is 5.33. The van der Waals surface area contributed by atoms with Gasteiger partial charge in [-0.05, 0) is 30.7 Å². The number of halogens is 1. The van der Waals surface area contributed by atoms with Gasteiger partial charge < -0.3 is 10.1 Å². The van der Waals surface area contributed by atoms with Crippen LogP contribution in [0, 0.1) is 18.2 Å². The van der Waals surface area contributed by atoms with Crippen LogP contribution in [0.25, 0.3) is 0 Å². The van der Waals surface area contributed by atoms with E-state index >= 15 is 0 Å². The predicted molar refractivity (Wildman–Crippen MR) is 82.4 cm³/mol. The molecule has 0 bridgehead atoms. The summed E-state index contributed by atoms with van der Waals surface area (Å²) in [6, 6.07) is 14.4. The molecular weight excluding hydrogens is 265 g/mol. The summed E-state index contributed by atoms with van der Waals surface area (Å²) in [5.74, 6) is 3.01. The van der Waals surface area contributed by atoms with E-state index in [1.54, 1.807) is 12.1 Å². The van der Waals surface area contributed by atoms with Gasteiger partial charge >= 0.3 is 0 Å². The van der Waals surface area contributed by atoms with E-state index in [9.17, 15) is 4.39 Å². The van der Waals surface area contributed by atoms with Crippen molar-refractivity contribution in [2.45, 2.75) is 19.5 Å². The fourth-order valence-electron chi connectivity index (χ4n) is 2.07. The average Bonchev–Trinajstić information content (AvgIpc) is 2.51. The molecule has 0 spiro atoms. The Morgan fingerprint density at radius 1 is 1.24 bits per heavy atom. The molecule has 0 saturated heterocycles. The molecule has 3 heteroatoms. The third-order valence-electron chi connectivity index (χ3n) is 3.23.